The zero-order valence-electron chi connectivity index (χ0n) is 9.48. The normalized spacial score (nSPS) is 17.9. The summed E-state index contributed by atoms with van der Waals surface area (Å²) in [4.78, 5) is 11.2. The molecule has 0 aromatic rings. The molecule has 0 aromatic heterocycles. The Morgan fingerprint density at radius 1 is 1.41 bits per heavy atom. The van der Waals surface area contributed by atoms with Crippen LogP contribution in [0, 0.1) is 5.41 Å². The Kier molecular flexibility index (Phi) is 4.76. The number of amides is 1. The highest BCUT2D eigenvalue weighted by Crippen LogP contribution is 2.43. The summed E-state index contributed by atoms with van der Waals surface area (Å²) in [6, 6.07) is 0. The quantitative estimate of drug-likeness (QED) is 0.661. The molecule has 0 atom stereocenters. The van der Waals surface area contributed by atoms with Gasteiger partial charge in [0, 0.05) is 13.0 Å². The topological polar surface area (TPSA) is 64.3 Å². The van der Waals surface area contributed by atoms with Gasteiger partial charge in [0.2, 0.25) is 5.91 Å². The fraction of sp³-hybridized carbons (Fsp3) is 0.900. The van der Waals surface area contributed by atoms with Gasteiger partial charge in [-0.3, -0.25) is 4.79 Å². The van der Waals surface area contributed by atoms with Crippen LogP contribution in [0.3, 0.4) is 0 Å². The van der Waals surface area contributed by atoms with E-state index in [4.69, 9.17) is 5.73 Å². The summed E-state index contributed by atoms with van der Waals surface area (Å²) in [7, 11) is 0. The lowest BCUT2D eigenvalue weighted by molar-refractivity contribution is -0.174. The molecule has 1 aliphatic carbocycles. The van der Waals surface area contributed by atoms with E-state index in [1.165, 1.54) is 0 Å². The third kappa shape index (κ3) is 5.88. The lowest BCUT2D eigenvalue weighted by atomic mass is 10.1. The van der Waals surface area contributed by atoms with Crippen LogP contribution < -0.4 is 11.1 Å². The van der Waals surface area contributed by atoms with E-state index in [9.17, 15) is 18.0 Å². The number of hydrogen-bond acceptors (Lipinski definition) is 3. The predicted octanol–water partition coefficient (Wildman–Crippen LogP) is 0.810. The Morgan fingerprint density at radius 2 is 2.06 bits per heavy atom. The molecular weight excluding hydrogens is 237 g/mol. The lowest BCUT2D eigenvalue weighted by Gasteiger charge is -2.13. The lowest BCUT2D eigenvalue weighted by Crippen LogP contribution is -2.34. The summed E-state index contributed by atoms with van der Waals surface area (Å²) < 4.78 is 39.4. The van der Waals surface area contributed by atoms with Gasteiger partial charge in [-0.2, -0.15) is 13.2 Å². The molecule has 1 fully saturated rings. The average Bonchev–Trinajstić information content (AvgIpc) is 3.01. The van der Waals surface area contributed by atoms with Crippen molar-refractivity contribution in [2.75, 3.05) is 26.3 Å². The van der Waals surface area contributed by atoms with Gasteiger partial charge in [0.1, 0.15) is 6.61 Å². The van der Waals surface area contributed by atoms with Crippen molar-refractivity contribution in [1.82, 2.24) is 5.32 Å². The molecule has 4 nitrogen and oxygen atoms in total. The molecule has 1 rings (SSSR count). The smallest absolute Gasteiger partial charge is 0.372 e. The van der Waals surface area contributed by atoms with Crippen LogP contribution in [0.15, 0.2) is 0 Å². The highest BCUT2D eigenvalue weighted by atomic mass is 19.4. The van der Waals surface area contributed by atoms with Crippen molar-refractivity contribution < 1.29 is 22.7 Å². The van der Waals surface area contributed by atoms with Gasteiger partial charge in [0.05, 0.1) is 6.61 Å². The fourth-order valence-corrected chi connectivity index (χ4v) is 1.36. The van der Waals surface area contributed by atoms with Gasteiger partial charge in [0.25, 0.3) is 0 Å². The van der Waals surface area contributed by atoms with E-state index in [1.54, 1.807) is 0 Å². The zero-order valence-corrected chi connectivity index (χ0v) is 9.48. The number of nitrogens with one attached hydrogen (secondary N) is 1. The SMILES string of the molecule is NCC1(CNC(=O)CCOCC(F)(F)F)CC1. The van der Waals surface area contributed by atoms with Crippen molar-refractivity contribution in [1.29, 1.82) is 0 Å². The first kappa shape index (κ1) is 14.2. The molecule has 17 heavy (non-hydrogen) atoms. The molecule has 1 amide bonds. The van der Waals surface area contributed by atoms with E-state index in [-0.39, 0.29) is 24.3 Å². The summed E-state index contributed by atoms with van der Waals surface area (Å²) in [6.07, 6.45) is -2.41. The van der Waals surface area contributed by atoms with Crippen molar-refractivity contribution in [2.45, 2.75) is 25.4 Å². The van der Waals surface area contributed by atoms with Gasteiger partial charge in [0.15, 0.2) is 0 Å². The van der Waals surface area contributed by atoms with E-state index in [0.717, 1.165) is 12.8 Å². The number of alkyl halides is 3. The average molecular weight is 254 g/mol. The minimum absolute atomic E-state index is 0.0302. The van der Waals surface area contributed by atoms with Crippen LogP contribution in [0.5, 0.6) is 0 Å². The van der Waals surface area contributed by atoms with Gasteiger partial charge in [-0.25, -0.2) is 0 Å². The molecule has 1 aliphatic rings. The largest absolute Gasteiger partial charge is 0.411 e. The highest BCUT2D eigenvalue weighted by molar-refractivity contribution is 5.76. The minimum atomic E-state index is -4.34. The van der Waals surface area contributed by atoms with Crippen LogP contribution in [0.1, 0.15) is 19.3 Å². The molecule has 7 heteroatoms. The number of nitrogens with two attached hydrogens (primary N) is 1. The number of rotatable bonds is 7. The molecule has 100 valence electrons. The first-order valence-corrected chi connectivity index (χ1v) is 5.48. The molecule has 0 aromatic carbocycles. The van der Waals surface area contributed by atoms with Crippen molar-refractivity contribution in [3.63, 3.8) is 0 Å². The Balaban J connectivity index is 2.02. The molecular formula is C10H17F3N2O2. The summed E-state index contributed by atoms with van der Waals surface area (Å²) in [5, 5.41) is 2.65. The van der Waals surface area contributed by atoms with Crippen molar-refractivity contribution in [3.8, 4) is 0 Å². The first-order valence-electron chi connectivity index (χ1n) is 5.48. The second-order valence-corrected chi connectivity index (χ2v) is 4.40. The van der Waals surface area contributed by atoms with E-state index in [0.29, 0.717) is 13.1 Å². The molecule has 0 radical (unpaired) electrons. The van der Waals surface area contributed by atoms with E-state index in [1.807, 2.05) is 0 Å². The van der Waals surface area contributed by atoms with Gasteiger partial charge in [-0.15, -0.1) is 0 Å². The summed E-state index contributed by atoms with van der Waals surface area (Å²) in [6.45, 7) is -0.507. The fourth-order valence-electron chi connectivity index (χ4n) is 1.36. The summed E-state index contributed by atoms with van der Waals surface area (Å²) in [5.74, 6) is -0.299. The van der Waals surface area contributed by atoms with Crippen LogP contribution in [-0.2, 0) is 9.53 Å². The summed E-state index contributed by atoms with van der Waals surface area (Å²) in [5.41, 5.74) is 5.55. The molecule has 0 spiro atoms. The molecule has 0 aliphatic heterocycles. The predicted molar refractivity (Wildman–Crippen MR) is 55.2 cm³/mol. The van der Waals surface area contributed by atoms with Crippen LogP contribution in [0.4, 0.5) is 13.2 Å². The van der Waals surface area contributed by atoms with Crippen LogP contribution in [0.2, 0.25) is 0 Å². The van der Waals surface area contributed by atoms with Crippen LogP contribution in [0.25, 0.3) is 0 Å². The van der Waals surface area contributed by atoms with Gasteiger partial charge in [-0.1, -0.05) is 0 Å². The molecule has 0 unspecified atom stereocenters. The summed E-state index contributed by atoms with van der Waals surface area (Å²) >= 11 is 0. The number of hydrogen-bond donors (Lipinski definition) is 2. The van der Waals surface area contributed by atoms with Gasteiger partial charge < -0.3 is 15.8 Å². The van der Waals surface area contributed by atoms with Crippen molar-refractivity contribution >= 4 is 5.91 Å². The Hall–Kier alpha value is -0.820. The molecule has 0 heterocycles. The van der Waals surface area contributed by atoms with Gasteiger partial charge >= 0.3 is 6.18 Å². The van der Waals surface area contributed by atoms with Crippen LogP contribution >= 0.6 is 0 Å². The number of carbonyl (C=O) groups is 1. The second kappa shape index (κ2) is 5.68. The van der Waals surface area contributed by atoms with Gasteiger partial charge in [-0.05, 0) is 24.8 Å². The third-order valence-electron chi connectivity index (χ3n) is 2.79. The van der Waals surface area contributed by atoms with E-state index < -0.39 is 12.8 Å². The molecule has 3 N–H and O–H groups in total. The third-order valence-corrected chi connectivity index (χ3v) is 2.79. The maximum Gasteiger partial charge on any atom is 0.411 e. The maximum atomic E-state index is 11.7. The van der Waals surface area contributed by atoms with Crippen LogP contribution in [-0.4, -0.2) is 38.4 Å². The van der Waals surface area contributed by atoms with Crippen molar-refractivity contribution in [2.24, 2.45) is 11.1 Å². The zero-order chi connectivity index (χ0) is 12.9. The maximum absolute atomic E-state index is 11.7. The van der Waals surface area contributed by atoms with Crippen molar-refractivity contribution in [3.05, 3.63) is 0 Å². The highest BCUT2D eigenvalue weighted by Gasteiger charge is 2.41. The Morgan fingerprint density at radius 3 is 2.53 bits per heavy atom. The Labute approximate surface area is 97.7 Å². The number of ether oxygens (including phenoxy) is 1. The standard InChI is InChI=1S/C10H17F3N2O2/c11-10(12,13)7-17-4-1-8(16)15-6-9(5-14)2-3-9/h1-7,14H2,(H,15,16). The second-order valence-electron chi connectivity index (χ2n) is 4.40. The monoisotopic (exact) mass is 254 g/mol. The molecule has 1 saturated carbocycles. The van der Waals surface area contributed by atoms with E-state index >= 15 is 0 Å². The molecule has 0 saturated heterocycles. The first-order chi connectivity index (χ1) is 7.87. The number of carbonyl (C=O) groups excluding carboxylic acids is 1. The minimum Gasteiger partial charge on any atom is -0.372 e. The van der Waals surface area contributed by atoms with E-state index in [2.05, 4.69) is 10.1 Å². The molecule has 0 bridgehead atoms. The Bertz CT molecular complexity index is 265. The number of halogens is 3.